The van der Waals surface area contributed by atoms with Gasteiger partial charge >= 0.3 is 5.97 Å². The summed E-state index contributed by atoms with van der Waals surface area (Å²) in [4.78, 5) is 32.9. The minimum absolute atomic E-state index is 0.0355. The van der Waals surface area contributed by atoms with E-state index in [0.29, 0.717) is 0 Å². The van der Waals surface area contributed by atoms with Crippen molar-refractivity contribution in [2.24, 2.45) is 5.92 Å². The topological polar surface area (TPSA) is 122 Å². The highest BCUT2D eigenvalue weighted by Crippen LogP contribution is 2.29. The van der Waals surface area contributed by atoms with Gasteiger partial charge in [-0.05, 0) is 24.5 Å². The Morgan fingerprint density at radius 2 is 1.87 bits per heavy atom. The molecule has 3 N–H and O–H groups in total. The van der Waals surface area contributed by atoms with Crippen LogP contribution in [0.5, 0.6) is 11.5 Å². The van der Waals surface area contributed by atoms with E-state index in [9.17, 15) is 19.8 Å². The van der Waals surface area contributed by atoms with Gasteiger partial charge in [0.2, 0.25) is 0 Å². The Hall–Kier alpha value is -3.68. The number of fused-ring (bicyclic) bond motifs is 1. The second-order valence-corrected chi connectivity index (χ2v) is 7.51. The van der Waals surface area contributed by atoms with Gasteiger partial charge < -0.3 is 20.3 Å². The molecular formula is C23H25N3O5. The monoisotopic (exact) mass is 423 g/mol. The average molecular weight is 423 g/mol. The maximum absolute atomic E-state index is 12.6. The second kappa shape index (κ2) is 9.42. The Labute approximate surface area is 179 Å². The van der Waals surface area contributed by atoms with E-state index in [1.54, 1.807) is 0 Å². The number of nitrogens with one attached hydrogen (secondary N) is 1. The molecule has 3 rings (SSSR count). The third-order valence-corrected chi connectivity index (χ3v) is 5.47. The van der Waals surface area contributed by atoms with Crippen LogP contribution in [0.2, 0.25) is 0 Å². The van der Waals surface area contributed by atoms with Crippen molar-refractivity contribution in [3.8, 4) is 11.5 Å². The normalized spacial score (nSPS) is 13.9. The lowest BCUT2D eigenvalue weighted by molar-refractivity contribution is -0.139. The number of carboxylic acids is 1. The molecule has 2 unspecified atom stereocenters. The molecular weight excluding hydrogens is 398 g/mol. The number of pyridine rings is 2. The summed E-state index contributed by atoms with van der Waals surface area (Å²) in [7, 11) is 1.35. The fourth-order valence-corrected chi connectivity index (χ4v) is 3.42. The molecule has 0 saturated carbocycles. The molecule has 1 aromatic carbocycles. The summed E-state index contributed by atoms with van der Waals surface area (Å²) < 4.78 is 4.97. The number of ether oxygens (including phenoxy) is 1. The van der Waals surface area contributed by atoms with Crippen molar-refractivity contribution in [1.82, 2.24) is 15.3 Å². The molecule has 0 fully saturated rings. The summed E-state index contributed by atoms with van der Waals surface area (Å²) in [6, 6.07) is 12.0. The van der Waals surface area contributed by atoms with Gasteiger partial charge in [-0.3, -0.25) is 9.78 Å². The molecule has 162 valence electrons. The van der Waals surface area contributed by atoms with Crippen LogP contribution in [0.3, 0.4) is 0 Å². The maximum Gasteiger partial charge on any atom is 0.326 e. The molecule has 31 heavy (non-hydrogen) atoms. The van der Waals surface area contributed by atoms with Crippen molar-refractivity contribution < 1.29 is 24.5 Å². The van der Waals surface area contributed by atoms with Crippen LogP contribution in [0.1, 0.15) is 42.4 Å². The highest BCUT2D eigenvalue weighted by Gasteiger charge is 2.28. The van der Waals surface area contributed by atoms with Gasteiger partial charge in [-0.25, -0.2) is 9.78 Å². The van der Waals surface area contributed by atoms with Crippen molar-refractivity contribution in [1.29, 1.82) is 0 Å². The van der Waals surface area contributed by atoms with Crippen LogP contribution in [-0.4, -0.2) is 45.2 Å². The van der Waals surface area contributed by atoms with E-state index in [-0.39, 0.29) is 29.7 Å². The summed E-state index contributed by atoms with van der Waals surface area (Å²) >= 11 is 0. The lowest BCUT2D eigenvalue weighted by atomic mass is 9.87. The van der Waals surface area contributed by atoms with Crippen molar-refractivity contribution >= 4 is 22.8 Å². The zero-order valence-corrected chi connectivity index (χ0v) is 17.6. The first-order valence-corrected chi connectivity index (χ1v) is 9.93. The number of nitrogens with zero attached hydrogens (tertiary/aromatic N) is 2. The predicted octanol–water partition coefficient (Wildman–Crippen LogP) is 3.36. The Morgan fingerprint density at radius 3 is 2.58 bits per heavy atom. The molecule has 1 amide bonds. The van der Waals surface area contributed by atoms with Crippen molar-refractivity contribution in [3.05, 3.63) is 60.0 Å². The van der Waals surface area contributed by atoms with Crippen molar-refractivity contribution in [2.45, 2.75) is 32.2 Å². The molecule has 2 heterocycles. The first kappa shape index (κ1) is 22.0. The van der Waals surface area contributed by atoms with Gasteiger partial charge in [0.25, 0.3) is 5.91 Å². The van der Waals surface area contributed by atoms with Gasteiger partial charge in [0.05, 0.1) is 12.6 Å². The first-order chi connectivity index (χ1) is 14.8. The smallest absolute Gasteiger partial charge is 0.326 e. The number of carbonyl (C=O) groups excluding carboxylic acids is 1. The fourth-order valence-electron chi connectivity index (χ4n) is 3.42. The van der Waals surface area contributed by atoms with Gasteiger partial charge in [0, 0.05) is 29.3 Å². The van der Waals surface area contributed by atoms with Crippen LogP contribution in [0.4, 0.5) is 0 Å². The van der Waals surface area contributed by atoms with Gasteiger partial charge in [0.1, 0.15) is 6.04 Å². The number of hydrogen-bond acceptors (Lipinski definition) is 6. The second-order valence-electron chi connectivity index (χ2n) is 7.51. The predicted molar refractivity (Wildman–Crippen MR) is 115 cm³/mol. The molecule has 3 atom stereocenters. The van der Waals surface area contributed by atoms with Crippen LogP contribution in [0, 0.1) is 5.92 Å². The third kappa shape index (κ3) is 4.91. The molecule has 8 nitrogen and oxygen atoms in total. The Bertz CT molecular complexity index is 1100. The quantitative estimate of drug-likeness (QED) is 0.508. The summed E-state index contributed by atoms with van der Waals surface area (Å²) in [5.74, 6) is -2.44. The van der Waals surface area contributed by atoms with E-state index in [1.165, 1.54) is 19.4 Å². The van der Waals surface area contributed by atoms with E-state index in [0.717, 1.165) is 16.6 Å². The van der Waals surface area contributed by atoms with Gasteiger partial charge in [-0.2, -0.15) is 0 Å². The molecule has 0 aliphatic carbocycles. The van der Waals surface area contributed by atoms with E-state index in [1.807, 2.05) is 50.2 Å². The molecule has 0 aliphatic rings. The number of aromatic nitrogens is 2. The molecule has 0 aliphatic heterocycles. The lowest BCUT2D eigenvalue weighted by Gasteiger charge is -2.24. The highest BCUT2D eigenvalue weighted by atomic mass is 16.5. The van der Waals surface area contributed by atoms with Gasteiger partial charge in [-0.1, -0.05) is 38.1 Å². The number of carbonyl (C=O) groups is 2. The number of aliphatic carboxylic acids is 1. The summed E-state index contributed by atoms with van der Waals surface area (Å²) in [6.07, 6.45) is 1.49. The summed E-state index contributed by atoms with van der Waals surface area (Å²) in [5, 5.41) is 23.2. The molecule has 0 saturated heterocycles. The zero-order valence-electron chi connectivity index (χ0n) is 17.6. The SMILES string of the molecule is COc1ccnc(C(=O)N[C@@H](CC(C)C(C)c2ccc3ccccc3n2)C(=O)O)c1O. The van der Waals surface area contributed by atoms with E-state index in [4.69, 9.17) is 9.72 Å². The number of rotatable bonds is 8. The number of amides is 1. The Morgan fingerprint density at radius 1 is 1.13 bits per heavy atom. The van der Waals surface area contributed by atoms with Gasteiger partial charge in [-0.15, -0.1) is 0 Å². The number of hydrogen-bond donors (Lipinski definition) is 3. The number of benzene rings is 1. The average Bonchev–Trinajstić information content (AvgIpc) is 2.77. The molecule has 0 radical (unpaired) electrons. The molecule has 2 aromatic heterocycles. The first-order valence-electron chi connectivity index (χ1n) is 9.93. The largest absolute Gasteiger partial charge is 0.503 e. The van der Waals surface area contributed by atoms with Crippen LogP contribution in [-0.2, 0) is 4.79 Å². The minimum Gasteiger partial charge on any atom is -0.503 e. The Balaban J connectivity index is 1.74. The standard InChI is InChI=1S/C23H25N3O5/c1-13(14(2)16-9-8-15-6-4-5-7-17(15)25-16)12-18(23(29)30)26-22(28)20-21(27)19(31-3)10-11-24-20/h4-11,13-14,18,27H,12H2,1-3H3,(H,26,28)(H,29,30)/t13?,14?,18-/m0/s1. The van der Waals surface area contributed by atoms with Crippen LogP contribution in [0.15, 0.2) is 48.7 Å². The number of para-hydroxylation sites is 1. The molecule has 0 bridgehead atoms. The molecule has 8 heteroatoms. The number of methoxy groups -OCH3 is 1. The summed E-state index contributed by atoms with van der Waals surface area (Å²) in [5.41, 5.74) is 1.44. The fraction of sp³-hybridized carbons (Fsp3) is 0.304. The number of aromatic hydroxyl groups is 1. The van der Waals surface area contributed by atoms with Crippen molar-refractivity contribution in [2.75, 3.05) is 7.11 Å². The van der Waals surface area contributed by atoms with Crippen molar-refractivity contribution in [3.63, 3.8) is 0 Å². The van der Waals surface area contributed by atoms with E-state index in [2.05, 4.69) is 10.3 Å². The van der Waals surface area contributed by atoms with Crippen LogP contribution < -0.4 is 10.1 Å². The Kier molecular flexibility index (Phi) is 6.69. The lowest BCUT2D eigenvalue weighted by Crippen LogP contribution is -2.42. The third-order valence-electron chi connectivity index (χ3n) is 5.47. The molecule has 0 spiro atoms. The highest BCUT2D eigenvalue weighted by molar-refractivity contribution is 5.97. The van der Waals surface area contributed by atoms with E-state index < -0.39 is 23.7 Å². The minimum atomic E-state index is -1.17. The van der Waals surface area contributed by atoms with Crippen LogP contribution >= 0.6 is 0 Å². The zero-order chi connectivity index (χ0) is 22.5. The van der Waals surface area contributed by atoms with Gasteiger partial charge in [0.15, 0.2) is 17.2 Å². The van der Waals surface area contributed by atoms with Crippen LogP contribution in [0.25, 0.3) is 10.9 Å². The van der Waals surface area contributed by atoms with E-state index >= 15 is 0 Å². The maximum atomic E-state index is 12.6. The summed E-state index contributed by atoms with van der Waals surface area (Å²) in [6.45, 7) is 3.91. The number of carboxylic acid groups (broad SMARTS) is 1. The molecule has 3 aromatic rings.